The van der Waals surface area contributed by atoms with Gasteiger partial charge in [0.25, 0.3) is 0 Å². The maximum atomic E-state index is 13.1. The second kappa shape index (κ2) is 10.0. The molecule has 5 aliphatic rings. The highest BCUT2D eigenvalue weighted by Gasteiger charge is 2.52. The van der Waals surface area contributed by atoms with Gasteiger partial charge in [0.15, 0.2) is 17.5 Å². The Labute approximate surface area is 208 Å². The monoisotopic (exact) mass is 480 g/mol. The van der Waals surface area contributed by atoms with Crippen LogP contribution in [0.15, 0.2) is 24.3 Å². The molecule has 35 heavy (non-hydrogen) atoms. The van der Waals surface area contributed by atoms with Crippen LogP contribution in [0.2, 0.25) is 0 Å². The third-order valence-electron chi connectivity index (χ3n) is 10.0. The Balaban J connectivity index is 1.37. The van der Waals surface area contributed by atoms with E-state index in [0.29, 0.717) is 54.9 Å². The molecular formula is C29H40N2O4. The number of fused-ring (bicyclic) bond motifs is 7. The second-order valence-corrected chi connectivity index (χ2v) is 11.8. The molecule has 0 aromatic carbocycles. The molecule has 1 unspecified atom stereocenters. The van der Waals surface area contributed by atoms with Crippen LogP contribution in [-0.2, 0) is 19.2 Å². The molecule has 0 spiro atoms. The molecule has 2 amide bonds. The largest absolute Gasteiger partial charge is 0.353 e. The van der Waals surface area contributed by atoms with Crippen LogP contribution in [0.4, 0.5) is 0 Å². The van der Waals surface area contributed by atoms with Crippen LogP contribution in [0.25, 0.3) is 0 Å². The predicted octanol–water partition coefficient (Wildman–Crippen LogP) is 3.61. The lowest BCUT2D eigenvalue weighted by atomic mass is 9.69. The normalized spacial score (nSPS) is 44.9. The van der Waals surface area contributed by atoms with E-state index in [2.05, 4.69) is 36.6 Å². The minimum atomic E-state index is -1.14. The van der Waals surface area contributed by atoms with Crippen molar-refractivity contribution in [1.82, 2.24) is 10.6 Å². The first-order valence-electron chi connectivity index (χ1n) is 13.9. The molecule has 5 rings (SSSR count). The third kappa shape index (κ3) is 4.53. The van der Waals surface area contributed by atoms with Crippen LogP contribution in [-0.4, -0.2) is 36.0 Å². The lowest BCUT2D eigenvalue weighted by Gasteiger charge is -2.35. The lowest BCUT2D eigenvalue weighted by molar-refractivity contribution is -0.136. The molecule has 1 saturated heterocycles. The zero-order valence-corrected chi connectivity index (χ0v) is 21.1. The summed E-state index contributed by atoms with van der Waals surface area (Å²) in [7, 11) is 0. The molecular weight excluding hydrogens is 440 g/mol. The van der Waals surface area contributed by atoms with Crippen molar-refractivity contribution >= 4 is 23.4 Å². The molecule has 3 fully saturated rings. The minimum absolute atomic E-state index is 0.104. The number of amides is 2. The SMILES string of the molecule is CC[C@H]1[C@@H]2C=C[C@@H]3[C@H]4C/C=C\C(=O)NCCC[C@@H]5NC(=O)C(C(=O)CC[C@@H]4C[C@@H]3[C@H]2C[C@H]1C)C5=O. The summed E-state index contributed by atoms with van der Waals surface area (Å²) >= 11 is 0. The standard InChI is InChI=1S/C29H40N2O4/c1-3-18-16(2)14-22-20(18)10-11-21-19-6-4-8-26(33)30-13-5-7-24-28(34)27(29(35)31-24)25(32)12-9-17(19)15-23(21)22/h4,8,10-11,16-24,27H,3,5-7,9,12-15H2,1-2H3,(H,30,33)(H,31,35)/b8-4-/t16-,17-,18-,19+,20+,21-,22+,23+,24+,27?/m1/s1. The highest BCUT2D eigenvalue weighted by Crippen LogP contribution is 2.59. The zero-order chi connectivity index (χ0) is 24.7. The van der Waals surface area contributed by atoms with Crippen molar-refractivity contribution in [3.05, 3.63) is 24.3 Å². The summed E-state index contributed by atoms with van der Waals surface area (Å²) in [5, 5.41) is 5.61. The van der Waals surface area contributed by atoms with E-state index < -0.39 is 17.9 Å². The van der Waals surface area contributed by atoms with Crippen LogP contribution in [0.3, 0.4) is 0 Å². The van der Waals surface area contributed by atoms with Crippen LogP contribution in [0, 0.1) is 53.3 Å². The van der Waals surface area contributed by atoms with Crippen molar-refractivity contribution in [3.8, 4) is 0 Å². The van der Waals surface area contributed by atoms with Gasteiger partial charge in [-0.3, -0.25) is 19.2 Å². The molecule has 2 N–H and O–H groups in total. The fourth-order valence-electron chi connectivity index (χ4n) is 8.43. The van der Waals surface area contributed by atoms with Crippen molar-refractivity contribution in [2.45, 2.75) is 71.3 Å². The van der Waals surface area contributed by atoms with E-state index in [9.17, 15) is 19.2 Å². The molecule has 2 heterocycles. The van der Waals surface area contributed by atoms with Crippen LogP contribution < -0.4 is 10.6 Å². The highest BCUT2D eigenvalue weighted by atomic mass is 16.2. The molecule has 2 saturated carbocycles. The molecule has 0 aromatic rings. The Morgan fingerprint density at radius 2 is 1.74 bits per heavy atom. The third-order valence-corrected chi connectivity index (χ3v) is 10.0. The first-order valence-corrected chi connectivity index (χ1v) is 13.9. The molecule has 2 aliphatic heterocycles. The summed E-state index contributed by atoms with van der Waals surface area (Å²) in [6.45, 7) is 5.16. The summed E-state index contributed by atoms with van der Waals surface area (Å²) < 4.78 is 0. The quantitative estimate of drug-likeness (QED) is 0.443. The molecule has 2 bridgehead atoms. The predicted molar refractivity (Wildman–Crippen MR) is 133 cm³/mol. The van der Waals surface area contributed by atoms with Gasteiger partial charge in [0.1, 0.15) is 0 Å². The number of rotatable bonds is 1. The molecule has 0 aromatic heterocycles. The average Bonchev–Trinajstić information content (AvgIpc) is 3.44. The van der Waals surface area contributed by atoms with Gasteiger partial charge in [-0.15, -0.1) is 0 Å². The van der Waals surface area contributed by atoms with E-state index in [1.807, 2.05) is 6.08 Å². The van der Waals surface area contributed by atoms with Crippen molar-refractivity contribution < 1.29 is 19.2 Å². The van der Waals surface area contributed by atoms with Gasteiger partial charge in [0.05, 0.1) is 6.04 Å². The second-order valence-electron chi connectivity index (χ2n) is 11.8. The summed E-state index contributed by atoms with van der Waals surface area (Å²) in [5.41, 5.74) is 0. The molecule has 10 atom stereocenters. The number of nitrogens with one attached hydrogen (secondary N) is 2. The number of carbonyl (C=O) groups excluding carboxylic acids is 4. The molecule has 3 aliphatic carbocycles. The van der Waals surface area contributed by atoms with Crippen molar-refractivity contribution in [3.63, 3.8) is 0 Å². The fraction of sp³-hybridized carbons (Fsp3) is 0.724. The van der Waals surface area contributed by atoms with E-state index >= 15 is 0 Å². The molecule has 6 nitrogen and oxygen atoms in total. The van der Waals surface area contributed by atoms with E-state index in [1.165, 1.54) is 12.8 Å². The summed E-state index contributed by atoms with van der Waals surface area (Å²) in [6, 6.07) is -0.614. The minimum Gasteiger partial charge on any atom is -0.353 e. The van der Waals surface area contributed by atoms with Crippen molar-refractivity contribution in [2.75, 3.05) is 6.54 Å². The number of allylic oxidation sites excluding steroid dienone is 3. The molecule has 0 radical (unpaired) electrons. The number of hydrogen-bond acceptors (Lipinski definition) is 4. The van der Waals surface area contributed by atoms with Crippen LogP contribution in [0.1, 0.15) is 65.2 Å². The Morgan fingerprint density at radius 3 is 2.54 bits per heavy atom. The smallest absolute Gasteiger partial charge is 0.243 e. The number of carbonyl (C=O) groups is 4. The summed E-state index contributed by atoms with van der Waals surface area (Å²) in [5.74, 6) is 2.54. The topological polar surface area (TPSA) is 92.3 Å². The Kier molecular flexibility index (Phi) is 7.00. The van der Waals surface area contributed by atoms with Gasteiger partial charge in [-0.25, -0.2) is 0 Å². The number of ketones is 2. The number of Topliss-reactive ketones (excluding diaryl/α,β-unsaturated/α-hetero) is 2. The van der Waals surface area contributed by atoms with Crippen molar-refractivity contribution in [1.29, 1.82) is 0 Å². The van der Waals surface area contributed by atoms with Gasteiger partial charge in [0, 0.05) is 13.0 Å². The summed E-state index contributed by atoms with van der Waals surface area (Å²) in [6.07, 6.45) is 15.1. The van der Waals surface area contributed by atoms with Crippen LogP contribution in [0.5, 0.6) is 0 Å². The maximum Gasteiger partial charge on any atom is 0.243 e. The van der Waals surface area contributed by atoms with E-state index in [0.717, 1.165) is 31.1 Å². The summed E-state index contributed by atoms with van der Waals surface area (Å²) in [4.78, 5) is 50.7. The fourth-order valence-corrected chi connectivity index (χ4v) is 8.43. The molecule has 190 valence electrons. The van der Waals surface area contributed by atoms with E-state index in [1.54, 1.807) is 6.08 Å². The van der Waals surface area contributed by atoms with E-state index in [4.69, 9.17) is 0 Å². The highest BCUT2D eigenvalue weighted by molar-refractivity contribution is 6.24. The van der Waals surface area contributed by atoms with Gasteiger partial charge in [-0.1, -0.05) is 38.5 Å². The first kappa shape index (κ1) is 24.5. The van der Waals surface area contributed by atoms with Gasteiger partial charge < -0.3 is 10.6 Å². The Morgan fingerprint density at radius 1 is 0.971 bits per heavy atom. The zero-order valence-electron chi connectivity index (χ0n) is 21.1. The molecule has 6 heteroatoms. The van der Waals surface area contributed by atoms with E-state index in [-0.39, 0.29) is 23.9 Å². The first-order chi connectivity index (χ1) is 16.9. The van der Waals surface area contributed by atoms with Gasteiger partial charge in [-0.05, 0) is 91.9 Å². The van der Waals surface area contributed by atoms with Crippen LogP contribution >= 0.6 is 0 Å². The van der Waals surface area contributed by atoms with Crippen molar-refractivity contribution in [2.24, 2.45) is 53.3 Å². The maximum absolute atomic E-state index is 13.1. The van der Waals surface area contributed by atoms with Gasteiger partial charge in [-0.2, -0.15) is 0 Å². The Bertz CT molecular complexity index is 939. The number of hydrogen-bond donors (Lipinski definition) is 2. The average molecular weight is 481 g/mol. The lowest BCUT2D eigenvalue weighted by Crippen LogP contribution is -2.31. The van der Waals surface area contributed by atoms with Gasteiger partial charge >= 0.3 is 0 Å². The Hall–Kier alpha value is -2.24. The van der Waals surface area contributed by atoms with Gasteiger partial charge in [0.2, 0.25) is 11.8 Å².